The molecule has 0 spiro atoms. The van der Waals surface area contributed by atoms with Gasteiger partial charge in [-0.3, -0.25) is 9.58 Å². The average Bonchev–Trinajstić information content (AvgIpc) is 2.89. The van der Waals surface area contributed by atoms with E-state index in [0.29, 0.717) is 0 Å². The summed E-state index contributed by atoms with van der Waals surface area (Å²) in [5.41, 5.74) is 1.35. The highest BCUT2D eigenvalue weighted by molar-refractivity contribution is 5.04. The normalized spacial score (nSPS) is 29.5. The maximum absolute atomic E-state index is 4.35. The lowest BCUT2D eigenvalue weighted by Gasteiger charge is -2.23. The second-order valence-electron chi connectivity index (χ2n) is 5.37. The van der Waals surface area contributed by atoms with Crippen LogP contribution in [0.25, 0.3) is 0 Å². The molecule has 1 N–H and O–H groups in total. The zero-order valence-corrected chi connectivity index (χ0v) is 10.6. The second kappa shape index (κ2) is 4.78. The van der Waals surface area contributed by atoms with E-state index in [4.69, 9.17) is 0 Å². The summed E-state index contributed by atoms with van der Waals surface area (Å²) in [5.74, 6) is 0. The minimum atomic E-state index is 0.726. The number of nitrogens with zero attached hydrogens (tertiary/aromatic N) is 3. The first-order valence-corrected chi connectivity index (χ1v) is 6.83. The number of hydrogen-bond acceptors (Lipinski definition) is 3. The molecule has 2 fully saturated rings. The van der Waals surface area contributed by atoms with E-state index in [2.05, 4.69) is 28.4 Å². The Morgan fingerprint density at radius 3 is 3.06 bits per heavy atom. The van der Waals surface area contributed by atoms with Crippen LogP contribution in [0.2, 0.25) is 0 Å². The molecule has 2 bridgehead atoms. The van der Waals surface area contributed by atoms with Gasteiger partial charge in [-0.25, -0.2) is 0 Å². The van der Waals surface area contributed by atoms with Crippen LogP contribution in [0.5, 0.6) is 0 Å². The molecule has 94 valence electrons. The Hall–Kier alpha value is -0.870. The Morgan fingerprint density at radius 2 is 2.24 bits per heavy atom. The van der Waals surface area contributed by atoms with Crippen LogP contribution < -0.4 is 5.32 Å². The first-order chi connectivity index (χ1) is 8.33. The highest BCUT2D eigenvalue weighted by Crippen LogP contribution is 2.21. The van der Waals surface area contributed by atoms with Gasteiger partial charge in [0.05, 0.1) is 6.20 Å². The van der Waals surface area contributed by atoms with Crippen molar-refractivity contribution in [1.82, 2.24) is 20.0 Å². The van der Waals surface area contributed by atoms with Crippen molar-refractivity contribution in [3.8, 4) is 0 Å². The molecule has 2 aliphatic rings. The van der Waals surface area contributed by atoms with E-state index in [9.17, 15) is 0 Å². The maximum Gasteiger partial charge on any atom is 0.0534 e. The minimum absolute atomic E-state index is 0.726. The fraction of sp³-hybridized carbons (Fsp3) is 0.769. The topological polar surface area (TPSA) is 33.1 Å². The van der Waals surface area contributed by atoms with Gasteiger partial charge < -0.3 is 5.32 Å². The monoisotopic (exact) mass is 234 g/mol. The maximum atomic E-state index is 4.35. The van der Waals surface area contributed by atoms with E-state index < -0.39 is 0 Å². The summed E-state index contributed by atoms with van der Waals surface area (Å²) < 4.78 is 2.01. The van der Waals surface area contributed by atoms with E-state index in [1.165, 1.54) is 37.9 Å². The highest BCUT2D eigenvalue weighted by Gasteiger charge is 2.29. The first kappa shape index (κ1) is 11.2. The Morgan fingerprint density at radius 1 is 1.35 bits per heavy atom. The van der Waals surface area contributed by atoms with Gasteiger partial charge in [0, 0.05) is 50.0 Å². The molecule has 3 heterocycles. The molecule has 0 amide bonds. The summed E-state index contributed by atoms with van der Waals surface area (Å²) in [7, 11) is 0. The molecule has 3 rings (SSSR count). The predicted octanol–water partition coefficient (Wildman–Crippen LogP) is 1.23. The van der Waals surface area contributed by atoms with Gasteiger partial charge in [-0.15, -0.1) is 0 Å². The molecule has 17 heavy (non-hydrogen) atoms. The van der Waals surface area contributed by atoms with Gasteiger partial charge in [0.25, 0.3) is 0 Å². The number of hydrogen-bond donors (Lipinski definition) is 1. The van der Waals surface area contributed by atoms with Crippen LogP contribution in [0, 0.1) is 0 Å². The van der Waals surface area contributed by atoms with Gasteiger partial charge in [-0.1, -0.05) is 0 Å². The van der Waals surface area contributed by atoms with Gasteiger partial charge in [-0.2, -0.15) is 5.10 Å². The van der Waals surface area contributed by atoms with Crippen molar-refractivity contribution in [2.45, 2.75) is 51.4 Å². The van der Waals surface area contributed by atoms with Crippen LogP contribution in [0.3, 0.4) is 0 Å². The van der Waals surface area contributed by atoms with Gasteiger partial charge in [0.15, 0.2) is 0 Å². The fourth-order valence-electron chi connectivity index (χ4n) is 3.08. The summed E-state index contributed by atoms with van der Waals surface area (Å²) in [6, 6.07) is 1.51. The first-order valence-electron chi connectivity index (χ1n) is 6.83. The van der Waals surface area contributed by atoms with E-state index in [0.717, 1.165) is 25.2 Å². The number of likely N-dealkylation sites (tertiary alicyclic amines) is 1. The molecule has 4 heteroatoms. The molecule has 1 aromatic heterocycles. The molecule has 2 atom stereocenters. The summed E-state index contributed by atoms with van der Waals surface area (Å²) >= 11 is 0. The molecular weight excluding hydrogens is 212 g/mol. The van der Waals surface area contributed by atoms with Crippen LogP contribution in [-0.4, -0.2) is 39.9 Å². The van der Waals surface area contributed by atoms with E-state index in [1.807, 2.05) is 10.9 Å². The Bertz CT molecular complexity index is 373. The Kier molecular flexibility index (Phi) is 3.16. The van der Waals surface area contributed by atoms with Crippen LogP contribution in [0.15, 0.2) is 12.4 Å². The fourth-order valence-corrected chi connectivity index (χ4v) is 3.08. The highest BCUT2D eigenvalue weighted by atomic mass is 15.3. The molecule has 1 aromatic rings. The number of nitrogens with one attached hydrogen (secondary N) is 1. The van der Waals surface area contributed by atoms with E-state index in [1.54, 1.807) is 0 Å². The number of fused-ring (bicyclic) bond motifs is 2. The van der Waals surface area contributed by atoms with Gasteiger partial charge in [-0.05, 0) is 26.2 Å². The minimum Gasteiger partial charge on any atom is -0.310 e. The summed E-state index contributed by atoms with van der Waals surface area (Å²) in [6.45, 7) is 6.59. The van der Waals surface area contributed by atoms with Crippen LogP contribution >= 0.6 is 0 Å². The molecular formula is C13H22N4. The van der Waals surface area contributed by atoms with Crippen molar-refractivity contribution in [2.75, 3.05) is 13.1 Å². The van der Waals surface area contributed by atoms with E-state index in [-0.39, 0.29) is 0 Å². The third-order valence-corrected chi connectivity index (χ3v) is 4.02. The van der Waals surface area contributed by atoms with Gasteiger partial charge >= 0.3 is 0 Å². The lowest BCUT2D eigenvalue weighted by Crippen LogP contribution is -2.34. The molecule has 0 aromatic carbocycles. The number of aryl methyl sites for hydroxylation is 1. The average molecular weight is 234 g/mol. The molecule has 0 aliphatic carbocycles. The quantitative estimate of drug-likeness (QED) is 0.854. The zero-order valence-electron chi connectivity index (χ0n) is 10.6. The molecule has 0 saturated carbocycles. The van der Waals surface area contributed by atoms with Crippen LogP contribution in [0.4, 0.5) is 0 Å². The van der Waals surface area contributed by atoms with Crippen molar-refractivity contribution in [2.24, 2.45) is 0 Å². The second-order valence-corrected chi connectivity index (χ2v) is 5.37. The van der Waals surface area contributed by atoms with Crippen LogP contribution in [-0.2, 0) is 13.1 Å². The van der Waals surface area contributed by atoms with Crippen molar-refractivity contribution in [3.05, 3.63) is 18.0 Å². The lowest BCUT2D eigenvalue weighted by atomic mass is 10.1. The zero-order chi connectivity index (χ0) is 11.7. The van der Waals surface area contributed by atoms with Crippen LogP contribution in [0.1, 0.15) is 31.7 Å². The third-order valence-electron chi connectivity index (χ3n) is 4.02. The SMILES string of the molecule is CCn1cc(CN2CCC3CCC(C2)N3)cn1. The largest absolute Gasteiger partial charge is 0.310 e. The van der Waals surface area contributed by atoms with E-state index >= 15 is 0 Å². The standard InChI is InChI=1S/C13H22N4/c1-2-17-9-11(7-14-17)8-16-6-5-12-3-4-13(10-16)15-12/h7,9,12-13,15H,2-6,8,10H2,1H3. The molecule has 0 radical (unpaired) electrons. The number of aromatic nitrogens is 2. The molecule has 2 unspecified atom stereocenters. The molecule has 4 nitrogen and oxygen atoms in total. The van der Waals surface area contributed by atoms with Crippen molar-refractivity contribution in [1.29, 1.82) is 0 Å². The number of rotatable bonds is 3. The van der Waals surface area contributed by atoms with Gasteiger partial charge in [0.1, 0.15) is 0 Å². The smallest absolute Gasteiger partial charge is 0.0534 e. The molecule has 2 saturated heterocycles. The summed E-state index contributed by atoms with van der Waals surface area (Å²) in [6.07, 6.45) is 8.23. The van der Waals surface area contributed by atoms with Crippen molar-refractivity contribution >= 4 is 0 Å². The Labute approximate surface area is 103 Å². The van der Waals surface area contributed by atoms with Crippen molar-refractivity contribution < 1.29 is 0 Å². The summed E-state index contributed by atoms with van der Waals surface area (Å²) in [5, 5.41) is 8.07. The van der Waals surface area contributed by atoms with Gasteiger partial charge in [0.2, 0.25) is 0 Å². The van der Waals surface area contributed by atoms with Crippen molar-refractivity contribution in [3.63, 3.8) is 0 Å². The Balaban J connectivity index is 1.61. The predicted molar refractivity (Wildman–Crippen MR) is 67.7 cm³/mol. The summed E-state index contributed by atoms with van der Waals surface area (Å²) in [4.78, 5) is 2.58. The third kappa shape index (κ3) is 2.53. The molecule has 2 aliphatic heterocycles. The lowest BCUT2D eigenvalue weighted by molar-refractivity contribution is 0.251.